The maximum absolute atomic E-state index is 12.4. The third-order valence-corrected chi connectivity index (χ3v) is 7.35. The van der Waals surface area contributed by atoms with E-state index in [2.05, 4.69) is 26.8 Å². The Morgan fingerprint density at radius 2 is 1.34 bits per heavy atom. The Morgan fingerprint density at radius 1 is 0.829 bits per heavy atom. The van der Waals surface area contributed by atoms with Crippen LogP contribution in [0.1, 0.15) is 102 Å². The smallest absolute Gasteiger partial charge is 0.336 e. The molecule has 0 amide bonds. The summed E-state index contributed by atoms with van der Waals surface area (Å²) in [5.74, 6) is -1.37. The molecule has 2 N–H and O–H groups in total. The molecule has 0 saturated heterocycles. The molecule has 4 rings (SSSR count). The summed E-state index contributed by atoms with van der Waals surface area (Å²) >= 11 is 0. The maximum Gasteiger partial charge on any atom is 0.336 e. The molecule has 4 nitrogen and oxygen atoms in total. The topological polar surface area (TPSA) is 74.6 Å². The first-order chi connectivity index (χ1) is 16.8. The molecular weight excluding hydrogens is 436 g/mol. The van der Waals surface area contributed by atoms with Gasteiger partial charge in [0.15, 0.2) is 0 Å². The second-order valence-corrected chi connectivity index (χ2v) is 9.83. The fraction of sp³-hybridized carbons (Fsp3) is 0.355. The van der Waals surface area contributed by atoms with Crippen LogP contribution in [0.2, 0.25) is 0 Å². The van der Waals surface area contributed by atoms with Gasteiger partial charge < -0.3 is 10.2 Å². The summed E-state index contributed by atoms with van der Waals surface area (Å²) in [6.45, 7) is 6.47. The molecule has 0 aromatic heterocycles. The van der Waals surface area contributed by atoms with E-state index in [1.807, 2.05) is 24.3 Å². The van der Waals surface area contributed by atoms with Gasteiger partial charge in [-0.25, -0.2) is 9.59 Å². The van der Waals surface area contributed by atoms with Crippen LogP contribution in [0.25, 0.3) is 22.3 Å². The van der Waals surface area contributed by atoms with E-state index in [9.17, 15) is 19.8 Å². The summed E-state index contributed by atoms with van der Waals surface area (Å²) in [6, 6.07) is 16.6. The average Bonchev–Trinajstić information content (AvgIpc) is 2.87. The minimum absolute atomic E-state index is 0.239. The first-order valence-corrected chi connectivity index (χ1v) is 12.7. The Morgan fingerprint density at radius 3 is 1.83 bits per heavy atom. The van der Waals surface area contributed by atoms with E-state index in [1.165, 1.54) is 17.5 Å². The number of benzene rings is 3. The van der Waals surface area contributed by atoms with Crippen molar-refractivity contribution >= 4 is 11.9 Å². The van der Waals surface area contributed by atoms with Crippen molar-refractivity contribution in [1.29, 1.82) is 0 Å². The van der Waals surface area contributed by atoms with E-state index in [0.717, 1.165) is 48.8 Å². The lowest BCUT2D eigenvalue weighted by molar-refractivity contribution is 0.0686. The Hall–Kier alpha value is -3.40. The fourth-order valence-electron chi connectivity index (χ4n) is 5.73. The molecule has 3 aromatic rings. The molecule has 35 heavy (non-hydrogen) atoms. The van der Waals surface area contributed by atoms with Crippen LogP contribution < -0.4 is 0 Å². The van der Waals surface area contributed by atoms with Gasteiger partial charge in [-0.15, -0.1) is 0 Å². The van der Waals surface area contributed by atoms with Crippen molar-refractivity contribution in [3.63, 3.8) is 0 Å². The molecule has 1 fully saturated rings. The summed E-state index contributed by atoms with van der Waals surface area (Å²) in [5.41, 5.74) is 7.10. The highest BCUT2D eigenvalue weighted by Crippen LogP contribution is 2.49. The van der Waals surface area contributed by atoms with Crippen LogP contribution in [-0.2, 0) is 6.42 Å². The predicted molar refractivity (Wildman–Crippen MR) is 141 cm³/mol. The van der Waals surface area contributed by atoms with Gasteiger partial charge in [-0.2, -0.15) is 0 Å². The predicted octanol–water partition coefficient (Wildman–Crippen LogP) is 8.15. The van der Waals surface area contributed by atoms with Gasteiger partial charge in [-0.1, -0.05) is 82.5 Å². The molecule has 0 radical (unpaired) electrons. The van der Waals surface area contributed by atoms with Crippen LogP contribution in [0.4, 0.5) is 0 Å². The summed E-state index contributed by atoms with van der Waals surface area (Å²) in [7, 11) is 0. The van der Waals surface area contributed by atoms with E-state index in [-0.39, 0.29) is 17.0 Å². The summed E-state index contributed by atoms with van der Waals surface area (Å²) in [5, 5.41) is 20.2. The molecule has 0 heterocycles. The molecule has 0 bridgehead atoms. The van der Waals surface area contributed by atoms with Crippen LogP contribution in [0, 0.1) is 0 Å². The zero-order valence-corrected chi connectivity index (χ0v) is 20.8. The number of rotatable bonds is 7. The highest BCUT2D eigenvalue weighted by atomic mass is 16.4. The number of carboxylic acids is 2. The van der Waals surface area contributed by atoms with Gasteiger partial charge in [-0.3, -0.25) is 0 Å². The van der Waals surface area contributed by atoms with Crippen molar-refractivity contribution < 1.29 is 19.8 Å². The number of hydrogen-bond donors (Lipinski definition) is 2. The number of carboxylic acid groups (broad SMARTS) is 2. The number of aromatic carboxylic acids is 2. The normalized spacial score (nSPS) is 14.3. The van der Waals surface area contributed by atoms with Crippen molar-refractivity contribution in [1.82, 2.24) is 0 Å². The third kappa shape index (κ3) is 4.75. The van der Waals surface area contributed by atoms with Crippen LogP contribution in [0.3, 0.4) is 0 Å². The van der Waals surface area contributed by atoms with Gasteiger partial charge in [0.05, 0.1) is 11.1 Å². The fourth-order valence-corrected chi connectivity index (χ4v) is 5.73. The van der Waals surface area contributed by atoms with Gasteiger partial charge in [0.1, 0.15) is 0 Å². The van der Waals surface area contributed by atoms with E-state index in [4.69, 9.17) is 0 Å². The van der Waals surface area contributed by atoms with Crippen molar-refractivity contribution in [2.75, 3.05) is 0 Å². The minimum Gasteiger partial charge on any atom is -0.478 e. The standard InChI is InChI=1S/C31H34O4/c1-4-20-18-26(19(2)3)28(21-12-6-5-7-13-21)29(23-15-9-11-17-25(23)31(34)35)27(20)22-14-8-10-16-24(22)30(32)33/h8-11,14-19,21H,4-7,12-13H2,1-3H3,(H,32,33)(H,34,35). The first kappa shape index (κ1) is 24.7. The summed E-state index contributed by atoms with van der Waals surface area (Å²) in [6.07, 6.45) is 6.37. The molecule has 0 spiro atoms. The number of hydrogen-bond acceptors (Lipinski definition) is 2. The lowest BCUT2D eigenvalue weighted by atomic mass is 9.72. The molecule has 0 aliphatic heterocycles. The van der Waals surface area contributed by atoms with Crippen molar-refractivity contribution in [3.05, 3.63) is 82.4 Å². The van der Waals surface area contributed by atoms with Crippen molar-refractivity contribution in [3.8, 4) is 22.3 Å². The second-order valence-electron chi connectivity index (χ2n) is 9.83. The van der Waals surface area contributed by atoms with Crippen LogP contribution >= 0.6 is 0 Å². The first-order valence-electron chi connectivity index (χ1n) is 12.7. The molecule has 0 atom stereocenters. The lowest BCUT2D eigenvalue weighted by Crippen LogP contribution is -2.14. The highest BCUT2D eigenvalue weighted by molar-refractivity contribution is 6.04. The zero-order chi connectivity index (χ0) is 25.1. The second kappa shape index (κ2) is 10.5. The SMILES string of the molecule is CCc1cc(C(C)C)c(C2CCCCC2)c(-c2ccccc2C(=O)O)c1-c1ccccc1C(=O)O. The lowest BCUT2D eigenvalue weighted by Gasteiger charge is -2.32. The quantitative estimate of drug-likeness (QED) is 0.365. The Bertz CT molecular complexity index is 1250. The van der Waals surface area contributed by atoms with E-state index >= 15 is 0 Å². The van der Waals surface area contributed by atoms with Crippen LogP contribution in [-0.4, -0.2) is 22.2 Å². The molecule has 1 saturated carbocycles. The van der Waals surface area contributed by atoms with Crippen LogP contribution in [0.5, 0.6) is 0 Å². The van der Waals surface area contributed by atoms with E-state index in [0.29, 0.717) is 17.0 Å². The molecule has 1 aliphatic carbocycles. The van der Waals surface area contributed by atoms with E-state index < -0.39 is 11.9 Å². The van der Waals surface area contributed by atoms with Crippen molar-refractivity contribution in [2.24, 2.45) is 0 Å². The largest absolute Gasteiger partial charge is 0.478 e. The Balaban J connectivity index is 2.22. The summed E-state index contributed by atoms with van der Waals surface area (Å²) in [4.78, 5) is 24.7. The highest BCUT2D eigenvalue weighted by Gasteiger charge is 2.30. The third-order valence-electron chi connectivity index (χ3n) is 7.35. The number of aryl methyl sites for hydroxylation is 1. The molecule has 1 aliphatic rings. The van der Waals surface area contributed by atoms with Gasteiger partial charge in [0, 0.05) is 0 Å². The van der Waals surface area contributed by atoms with Gasteiger partial charge in [0.25, 0.3) is 0 Å². The average molecular weight is 471 g/mol. The van der Waals surface area contributed by atoms with E-state index in [1.54, 1.807) is 24.3 Å². The summed E-state index contributed by atoms with van der Waals surface area (Å²) < 4.78 is 0. The van der Waals surface area contributed by atoms with Crippen LogP contribution in [0.15, 0.2) is 54.6 Å². The van der Waals surface area contributed by atoms with Gasteiger partial charge >= 0.3 is 11.9 Å². The monoisotopic (exact) mass is 470 g/mol. The molecule has 3 aromatic carbocycles. The van der Waals surface area contributed by atoms with Gasteiger partial charge in [-0.05, 0) is 82.2 Å². The molecule has 182 valence electrons. The zero-order valence-electron chi connectivity index (χ0n) is 20.8. The minimum atomic E-state index is -0.979. The molecular formula is C31H34O4. The number of carbonyl (C=O) groups is 2. The molecule has 4 heteroatoms. The Labute approximate surface area is 207 Å². The van der Waals surface area contributed by atoms with Gasteiger partial charge in [0.2, 0.25) is 0 Å². The maximum atomic E-state index is 12.4. The van der Waals surface area contributed by atoms with Crippen molar-refractivity contribution in [2.45, 2.75) is 71.1 Å². The Kier molecular flexibility index (Phi) is 7.39. The molecule has 0 unspecified atom stereocenters.